The molecule has 0 spiro atoms. The number of benzene rings is 2. The number of nitrogens with one attached hydrogen (secondary N) is 1. The van der Waals surface area contributed by atoms with E-state index >= 15 is 0 Å². The minimum atomic E-state index is -1.13. The van der Waals surface area contributed by atoms with Crippen LogP contribution in [-0.2, 0) is 0 Å². The number of H-pyrrole nitrogens is 1. The molecule has 8 nitrogen and oxygen atoms in total. The van der Waals surface area contributed by atoms with Crippen LogP contribution in [0, 0.1) is 6.92 Å². The van der Waals surface area contributed by atoms with Gasteiger partial charge in [-0.05, 0) is 36.8 Å². The van der Waals surface area contributed by atoms with Crippen molar-refractivity contribution >= 4 is 40.1 Å². The van der Waals surface area contributed by atoms with Crippen LogP contribution in [0.5, 0.6) is 11.5 Å². The molecule has 0 atom stereocenters. The molecule has 0 radical (unpaired) electrons. The molecule has 4 rings (SSSR count). The fourth-order valence-corrected chi connectivity index (χ4v) is 3.02. The third-order valence-corrected chi connectivity index (χ3v) is 4.70. The summed E-state index contributed by atoms with van der Waals surface area (Å²) < 4.78 is 7.04. The van der Waals surface area contributed by atoms with E-state index in [1.165, 1.54) is 17.1 Å². The molecular weight excluding hydrogens is 419 g/mol. The Bertz CT molecular complexity index is 1330. The van der Waals surface area contributed by atoms with E-state index in [2.05, 4.69) is 15.1 Å². The highest BCUT2D eigenvalue weighted by molar-refractivity contribution is 6.34. The molecule has 146 valence electrons. The van der Waals surface area contributed by atoms with Crippen molar-refractivity contribution in [1.29, 1.82) is 0 Å². The third kappa shape index (κ3) is 3.67. The van der Waals surface area contributed by atoms with E-state index in [-0.39, 0.29) is 16.9 Å². The summed E-state index contributed by atoms with van der Waals surface area (Å²) in [5.41, 5.74) is 0.660. The van der Waals surface area contributed by atoms with Crippen LogP contribution < -0.4 is 10.3 Å². The number of ether oxygens (including phenoxy) is 1. The molecule has 0 amide bonds. The lowest BCUT2D eigenvalue weighted by Crippen LogP contribution is -2.14. The van der Waals surface area contributed by atoms with Gasteiger partial charge in [-0.1, -0.05) is 23.2 Å². The first kappa shape index (κ1) is 19.0. The fraction of sp³-hybridized carbons (Fsp3) is 0.0526. The summed E-state index contributed by atoms with van der Waals surface area (Å²) >= 11 is 12.1. The van der Waals surface area contributed by atoms with Crippen LogP contribution in [0.25, 0.3) is 16.9 Å². The molecule has 2 aromatic heterocycles. The van der Waals surface area contributed by atoms with Crippen molar-refractivity contribution < 1.29 is 14.6 Å². The number of rotatable bonds is 4. The summed E-state index contributed by atoms with van der Waals surface area (Å²) in [5.74, 6) is -0.244. The zero-order valence-corrected chi connectivity index (χ0v) is 16.3. The summed E-state index contributed by atoms with van der Waals surface area (Å²) in [5, 5.41) is 14.1. The van der Waals surface area contributed by atoms with Crippen molar-refractivity contribution in [1.82, 2.24) is 19.7 Å². The molecule has 0 aliphatic rings. The van der Waals surface area contributed by atoms with Crippen molar-refractivity contribution in [2.75, 3.05) is 0 Å². The van der Waals surface area contributed by atoms with Crippen molar-refractivity contribution in [2.24, 2.45) is 0 Å². The van der Waals surface area contributed by atoms with Crippen LogP contribution in [0.4, 0.5) is 0 Å². The minimum absolute atomic E-state index is 0.0222. The molecule has 0 saturated heterocycles. The zero-order chi connectivity index (χ0) is 20.7. The van der Waals surface area contributed by atoms with Crippen LogP contribution >= 0.6 is 23.2 Å². The monoisotopic (exact) mass is 430 g/mol. The molecule has 0 aliphatic heterocycles. The van der Waals surface area contributed by atoms with E-state index in [0.717, 1.165) is 0 Å². The second kappa shape index (κ2) is 7.23. The number of carboxylic acids is 1. The Morgan fingerprint density at radius 2 is 2.00 bits per heavy atom. The van der Waals surface area contributed by atoms with E-state index in [9.17, 15) is 9.59 Å². The number of carbonyl (C=O) groups is 1. The fourth-order valence-electron chi connectivity index (χ4n) is 2.70. The molecular formula is C19H12Cl2N4O4. The molecule has 0 fully saturated rings. The predicted molar refractivity (Wildman–Crippen MR) is 108 cm³/mol. The molecule has 2 heterocycles. The van der Waals surface area contributed by atoms with E-state index in [0.29, 0.717) is 32.6 Å². The van der Waals surface area contributed by atoms with E-state index in [1.54, 1.807) is 37.3 Å². The Morgan fingerprint density at radius 3 is 2.72 bits per heavy atom. The first-order valence-corrected chi connectivity index (χ1v) is 9.03. The van der Waals surface area contributed by atoms with E-state index in [1.807, 2.05) is 0 Å². The second-order valence-corrected chi connectivity index (χ2v) is 7.02. The smallest absolute Gasteiger partial charge is 0.338 e. The summed E-state index contributed by atoms with van der Waals surface area (Å²) in [6.07, 6.45) is 2.43. The molecule has 10 heteroatoms. The number of nitrogens with zero attached hydrogens (tertiary/aromatic N) is 3. The van der Waals surface area contributed by atoms with Crippen LogP contribution in [0.2, 0.25) is 10.0 Å². The van der Waals surface area contributed by atoms with Gasteiger partial charge in [-0.15, -0.1) is 0 Å². The maximum Gasteiger partial charge on any atom is 0.338 e. The molecule has 0 saturated carbocycles. The van der Waals surface area contributed by atoms with Crippen molar-refractivity contribution in [2.45, 2.75) is 6.92 Å². The summed E-state index contributed by atoms with van der Waals surface area (Å²) in [6, 6.07) is 8.08. The normalized spacial score (nSPS) is 11.0. The van der Waals surface area contributed by atoms with Gasteiger partial charge in [-0.3, -0.25) is 9.78 Å². The van der Waals surface area contributed by atoms with Gasteiger partial charge in [0, 0.05) is 17.3 Å². The SMILES string of the molecule is Cc1cc2nc(-n3cc(C(=O)O)cn3)[nH]c(=O)c2cc1Oc1cc(Cl)ccc1Cl. The average molecular weight is 431 g/mol. The van der Waals surface area contributed by atoms with Gasteiger partial charge in [-0.2, -0.15) is 5.10 Å². The second-order valence-electron chi connectivity index (χ2n) is 6.18. The Kier molecular flexibility index (Phi) is 4.73. The maximum atomic E-state index is 12.6. The number of aromatic nitrogens is 4. The quantitative estimate of drug-likeness (QED) is 0.501. The Hall–Kier alpha value is -3.36. The molecule has 0 unspecified atom stereocenters. The molecule has 29 heavy (non-hydrogen) atoms. The summed E-state index contributed by atoms with van der Waals surface area (Å²) in [4.78, 5) is 30.6. The van der Waals surface area contributed by atoms with Gasteiger partial charge in [0.15, 0.2) is 0 Å². The predicted octanol–water partition coefficient (Wildman–Crippen LogP) is 4.21. The highest BCUT2D eigenvalue weighted by Crippen LogP contribution is 2.34. The minimum Gasteiger partial charge on any atom is -0.478 e. The average Bonchev–Trinajstić information content (AvgIpc) is 3.16. The number of aromatic amines is 1. The van der Waals surface area contributed by atoms with Crippen LogP contribution in [0.1, 0.15) is 15.9 Å². The molecule has 0 aliphatic carbocycles. The van der Waals surface area contributed by atoms with E-state index in [4.69, 9.17) is 33.0 Å². The first-order valence-electron chi connectivity index (χ1n) is 8.28. The largest absolute Gasteiger partial charge is 0.478 e. The van der Waals surface area contributed by atoms with Gasteiger partial charge < -0.3 is 9.84 Å². The summed E-state index contributed by atoms with van der Waals surface area (Å²) in [6.45, 7) is 1.80. The van der Waals surface area contributed by atoms with Gasteiger partial charge in [0.2, 0.25) is 5.95 Å². The Balaban J connectivity index is 1.78. The van der Waals surface area contributed by atoms with E-state index < -0.39 is 11.5 Å². The number of carboxylic acid groups (broad SMARTS) is 1. The van der Waals surface area contributed by atoms with Crippen LogP contribution in [-0.4, -0.2) is 30.8 Å². The van der Waals surface area contributed by atoms with Gasteiger partial charge in [0.1, 0.15) is 11.5 Å². The summed E-state index contributed by atoms with van der Waals surface area (Å²) in [7, 11) is 0. The number of aromatic carboxylic acids is 1. The lowest BCUT2D eigenvalue weighted by Gasteiger charge is -2.12. The lowest BCUT2D eigenvalue weighted by molar-refractivity contribution is 0.0697. The number of fused-ring (bicyclic) bond motifs is 1. The van der Waals surface area contributed by atoms with Crippen molar-refractivity contribution in [3.8, 4) is 17.4 Å². The van der Waals surface area contributed by atoms with Crippen molar-refractivity contribution in [3.63, 3.8) is 0 Å². The van der Waals surface area contributed by atoms with Crippen LogP contribution in [0.3, 0.4) is 0 Å². The van der Waals surface area contributed by atoms with Crippen molar-refractivity contribution in [3.05, 3.63) is 74.3 Å². The molecule has 0 bridgehead atoms. The number of hydrogen-bond donors (Lipinski definition) is 2. The lowest BCUT2D eigenvalue weighted by atomic mass is 10.1. The zero-order valence-electron chi connectivity index (χ0n) is 14.8. The molecule has 2 aromatic carbocycles. The Morgan fingerprint density at radius 1 is 1.21 bits per heavy atom. The number of aryl methyl sites for hydroxylation is 1. The van der Waals surface area contributed by atoms with Crippen LogP contribution in [0.15, 0.2) is 47.5 Å². The van der Waals surface area contributed by atoms with Gasteiger partial charge in [0.05, 0.1) is 27.7 Å². The van der Waals surface area contributed by atoms with Gasteiger partial charge in [-0.25, -0.2) is 14.5 Å². The Labute approximate surface area is 173 Å². The highest BCUT2D eigenvalue weighted by atomic mass is 35.5. The first-order chi connectivity index (χ1) is 13.8. The van der Waals surface area contributed by atoms with Gasteiger partial charge >= 0.3 is 5.97 Å². The number of halogens is 2. The third-order valence-electron chi connectivity index (χ3n) is 4.15. The topological polar surface area (TPSA) is 110 Å². The molecule has 4 aromatic rings. The number of hydrogen-bond acceptors (Lipinski definition) is 5. The van der Waals surface area contributed by atoms with Gasteiger partial charge in [0.25, 0.3) is 5.56 Å². The highest BCUT2D eigenvalue weighted by Gasteiger charge is 2.14. The maximum absolute atomic E-state index is 12.6. The standard InChI is InChI=1S/C19H12Cl2N4O4/c1-9-4-14-12(6-15(9)29-16-5-11(20)2-3-13(16)21)17(26)24-19(23-14)25-8-10(7-22-25)18(27)28/h2-8H,1H3,(H,27,28)(H,23,24,26). The molecule has 2 N–H and O–H groups in total.